The number of nitrogens with zero attached hydrogens (tertiary/aromatic N) is 3. The third-order valence-electron chi connectivity index (χ3n) is 6.21. The number of rotatable bonds is 8. The monoisotopic (exact) mass is 435 g/mol. The summed E-state index contributed by atoms with van der Waals surface area (Å²) in [6.07, 6.45) is 4.35. The lowest BCUT2D eigenvalue weighted by molar-refractivity contribution is 0.173. The predicted octanol–water partition coefficient (Wildman–Crippen LogP) is 4.92. The van der Waals surface area contributed by atoms with Gasteiger partial charge in [0.15, 0.2) is 11.5 Å². The van der Waals surface area contributed by atoms with Gasteiger partial charge in [-0.05, 0) is 55.1 Å². The average Bonchev–Trinajstić information content (AvgIpc) is 3.22. The van der Waals surface area contributed by atoms with Crippen LogP contribution in [0, 0.1) is 5.92 Å². The topological polar surface area (TPSA) is 48.8 Å². The molecule has 4 rings (SSSR count). The van der Waals surface area contributed by atoms with Crippen LogP contribution in [0.1, 0.15) is 31.0 Å². The Morgan fingerprint density at radius 2 is 1.94 bits per heavy atom. The second-order valence-electron chi connectivity index (χ2n) is 8.58. The lowest BCUT2D eigenvalue weighted by Crippen LogP contribution is -2.33. The van der Waals surface area contributed by atoms with Crippen molar-refractivity contribution in [1.29, 1.82) is 0 Å². The molecule has 6 nitrogen and oxygen atoms in total. The highest BCUT2D eigenvalue weighted by Crippen LogP contribution is 2.39. The van der Waals surface area contributed by atoms with E-state index in [1.165, 1.54) is 18.4 Å². The Hall–Kier alpha value is -2.99. The van der Waals surface area contributed by atoms with Gasteiger partial charge in [-0.15, -0.1) is 0 Å². The van der Waals surface area contributed by atoms with Crippen LogP contribution in [0.3, 0.4) is 0 Å². The van der Waals surface area contributed by atoms with E-state index in [0.29, 0.717) is 6.61 Å². The summed E-state index contributed by atoms with van der Waals surface area (Å²) < 4.78 is 19.3. The number of hydrogen-bond donors (Lipinski definition) is 0. The van der Waals surface area contributed by atoms with Crippen LogP contribution >= 0.6 is 0 Å². The molecule has 1 aliphatic heterocycles. The van der Waals surface area contributed by atoms with Crippen LogP contribution in [0.25, 0.3) is 11.1 Å². The lowest BCUT2D eigenvalue weighted by Gasteiger charge is -2.31. The van der Waals surface area contributed by atoms with Crippen molar-refractivity contribution in [3.05, 3.63) is 59.9 Å². The summed E-state index contributed by atoms with van der Waals surface area (Å²) in [4.78, 5) is 2.53. The number of aromatic nitrogens is 2. The summed E-state index contributed by atoms with van der Waals surface area (Å²) in [5, 5.41) is 4.25. The molecule has 0 N–H and O–H groups in total. The van der Waals surface area contributed by atoms with Gasteiger partial charge in [0.05, 0.1) is 19.9 Å². The van der Waals surface area contributed by atoms with Crippen molar-refractivity contribution in [3.63, 3.8) is 0 Å². The van der Waals surface area contributed by atoms with Crippen molar-refractivity contribution in [3.8, 4) is 28.4 Å². The van der Waals surface area contributed by atoms with Crippen molar-refractivity contribution in [2.24, 2.45) is 13.0 Å². The second kappa shape index (κ2) is 10.1. The Balaban J connectivity index is 1.67. The Kier molecular flexibility index (Phi) is 7.00. The molecule has 0 radical (unpaired) electrons. The first-order valence-corrected chi connectivity index (χ1v) is 11.3. The molecule has 3 aromatic rings. The largest absolute Gasteiger partial charge is 0.493 e. The number of aryl methyl sites for hydroxylation is 1. The van der Waals surface area contributed by atoms with Gasteiger partial charge in [0.1, 0.15) is 12.4 Å². The van der Waals surface area contributed by atoms with E-state index in [9.17, 15) is 0 Å². The van der Waals surface area contributed by atoms with E-state index in [1.807, 2.05) is 29.9 Å². The quantitative estimate of drug-likeness (QED) is 0.503. The number of ether oxygens (including phenoxy) is 3. The second-order valence-corrected chi connectivity index (χ2v) is 8.58. The number of hydrogen-bond acceptors (Lipinski definition) is 5. The fraction of sp³-hybridized carbons (Fsp3) is 0.423. The number of methoxy groups -OCH3 is 2. The van der Waals surface area contributed by atoms with Crippen LogP contribution in [-0.4, -0.2) is 42.0 Å². The molecular weight excluding hydrogens is 402 g/mol. The normalized spacial score (nSPS) is 16.7. The summed E-state index contributed by atoms with van der Waals surface area (Å²) >= 11 is 0. The van der Waals surface area contributed by atoms with E-state index in [1.54, 1.807) is 20.4 Å². The molecule has 1 aliphatic rings. The first-order chi connectivity index (χ1) is 15.6. The van der Waals surface area contributed by atoms with Crippen LogP contribution in [-0.2, 0) is 20.2 Å². The van der Waals surface area contributed by atoms with Crippen LogP contribution in [0.15, 0.2) is 48.7 Å². The van der Waals surface area contributed by atoms with Gasteiger partial charge in [0, 0.05) is 37.5 Å². The Bertz CT molecular complexity index is 1050. The fourth-order valence-electron chi connectivity index (χ4n) is 4.49. The lowest BCUT2D eigenvalue weighted by atomic mass is 9.98. The van der Waals surface area contributed by atoms with Gasteiger partial charge in [0.25, 0.3) is 0 Å². The van der Waals surface area contributed by atoms with Crippen LogP contribution in [0.4, 0.5) is 0 Å². The Labute approximate surface area is 190 Å². The van der Waals surface area contributed by atoms with Gasteiger partial charge >= 0.3 is 0 Å². The molecule has 1 fully saturated rings. The third kappa shape index (κ3) is 4.91. The van der Waals surface area contributed by atoms with E-state index in [4.69, 9.17) is 14.2 Å². The smallest absolute Gasteiger partial charge is 0.168 e. The fourth-order valence-corrected chi connectivity index (χ4v) is 4.49. The standard InChI is InChI=1S/C26H33N3O3/c1-19-7-6-14-29(16-19)17-21-15-20(23-8-5-9-25(30-3)26(23)31-4)10-11-24(21)32-18-22-12-13-27-28(22)2/h5,8-13,15,19H,6-7,14,16-18H2,1-4H3. The minimum absolute atomic E-state index is 0.488. The molecule has 2 aromatic carbocycles. The third-order valence-corrected chi connectivity index (χ3v) is 6.21. The molecule has 1 unspecified atom stereocenters. The molecular formula is C26H33N3O3. The highest BCUT2D eigenvalue weighted by Gasteiger charge is 2.19. The first-order valence-electron chi connectivity index (χ1n) is 11.3. The Morgan fingerprint density at radius 1 is 1.06 bits per heavy atom. The van der Waals surface area contributed by atoms with E-state index >= 15 is 0 Å². The van der Waals surface area contributed by atoms with Gasteiger partial charge in [-0.3, -0.25) is 9.58 Å². The van der Waals surface area contributed by atoms with E-state index in [0.717, 1.165) is 59.6 Å². The molecule has 1 aromatic heterocycles. The minimum Gasteiger partial charge on any atom is -0.493 e. The van der Waals surface area contributed by atoms with Crippen LogP contribution in [0.5, 0.6) is 17.2 Å². The van der Waals surface area contributed by atoms with Gasteiger partial charge in [-0.2, -0.15) is 5.10 Å². The molecule has 1 atom stereocenters. The zero-order valence-corrected chi connectivity index (χ0v) is 19.5. The van der Waals surface area contributed by atoms with Gasteiger partial charge in [-0.1, -0.05) is 25.1 Å². The summed E-state index contributed by atoms with van der Waals surface area (Å²) in [5.74, 6) is 3.11. The molecule has 0 saturated carbocycles. The molecule has 0 aliphatic carbocycles. The minimum atomic E-state index is 0.488. The van der Waals surface area contributed by atoms with Crippen molar-refractivity contribution < 1.29 is 14.2 Å². The number of benzene rings is 2. The van der Waals surface area contributed by atoms with Crippen molar-refractivity contribution in [1.82, 2.24) is 14.7 Å². The van der Waals surface area contributed by atoms with Crippen LogP contribution in [0.2, 0.25) is 0 Å². The van der Waals surface area contributed by atoms with E-state index in [-0.39, 0.29) is 0 Å². The SMILES string of the molecule is COc1cccc(-c2ccc(OCc3ccnn3C)c(CN3CCCC(C)C3)c2)c1OC. The van der Waals surface area contributed by atoms with Crippen molar-refractivity contribution >= 4 is 0 Å². The molecule has 1 saturated heterocycles. The van der Waals surface area contributed by atoms with Crippen LogP contribution < -0.4 is 14.2 Å². The molecule has 170 valence electrons. The predicted molar refractivity (Wildman–Crippen MR) is 126 cm³/mol. The maximum absolute atomic E-state index is 6.28. The average molecular weight is 436 g/mol. The zero-order valence-electron chi connectivity index (χ0n) is 19.5. The molecule has 0 amide bonds. The maximum Gasteiger partial charge on any atom is 0.168 e. The molecule has 0 bridgehead atoms. The van der Waals surface area contributed by atoms with E-state index < -0.39 is 0 Å². The zero-order chi connectivity index (χ0) is 22.5. The first kappa shape index (κ1) is 22.2. The van der Waals surface area contributed by atoms with Crippen molar-refractivity contribution in [2.75, 3.05) is 27.3 Å². The summed E-state index contributed by atoms with van der Waals surface area (Å²) in [6.45, 7) is 5.93. The molecule has 2 heterocycles. The highest BCUT2D eigenvalue weighted by molar-refractivity contribution is 5.75. The van der Waals surface area contributed by atoms with E-state index in [2.05, 4.69) is 41.2 Å². The summed E-state index contributed by atoms with van der Waals surface area (Å²) in [5.41, 5.74) is 4.33. The van der Waals surface area contributed by atoms with Gasteiger partial charge in [0.2, 0.25) is 0 Å². The highest BCUT2D eigenvalue weighted by atomic mass is 16.5. The molecule has 6 heteroatoms. The van der Waals surface area contributed by atoms with Gasteiger partial charge < -0.3 is 14.2 Å². The number of piperidine rings is 1. The Morgan fingerprint density at radius 3 is 2.66 bits per heavy atom. The molecule has 32 heavy (non-hydrogen) atoms. The number of para-hydroxylation sites is 1. The molecule has 0 spiro atoms. The maximum atomic E-state index is 6.28. The number of likely N-dealkylation sites (tertiary alicyclic amines) is 1. The summed E-state index contributed by atoms with van der Waals surface area (Å²) in [6, 6.07) is 14.4. The van der Waals surface area contributed by atoms with Gasteiger partial charge in [-0.25, -0.2) is 0 Å². The van der Waals surface area contributed by atoms with Crippen molar-refractivity contribution in [2.45, 2.75) is 32.9 Å². The summed E-state index contributed by atoms with van der Waals surface area (Å²) in [7, 11) is 5.29.